The molecule has 1 saturated heterocycles. The van der Waals surface area contributed by atoms with E-state index in [0.29, 0.717) is 11.4 Å². The summed E-state index contributed by atoms with van der Waals surface area (Å²) in [5, 5.41) is 5.63. The van der Waals surface area contributed by atoms with Crippen molar-refractivity contribution in [2.45, 2.75) is 52.1 Å². The Bertz CT molecular complexity index is 520. The first-order valence-electron chi connectivity index (χ1n) is 7.44. The lowest BCUT2D eigenvalue weighted by Gasteiger charge is -2.38. The number of rotatable bonds is 2. The molecular formula is C16H23N3O2. The van der Waals surface area contributed by atoms with Gasteiger partial charge in [0.1, 0.15) is 0 Å². The van der Waals surface area contributed by atoms with Gasteiger partial charge >= 0.3 is 6.03 Å². The fourth-order valence-electron chi connectivity index (χ4n) is 2.89. The third-order valence-corrected chi connectivity index (χ3v) is 3.86. The Morgan fingerprint density at radius 1 is 1.10 bits per heavy atom. The molecule has 1 aromatic rings. The first kappa shape index (κ1) is 15.4. The van der Waals surface area contributed by atoms with Crippen molar-refractivity contribution >= 4 is 23.3 Å². The van der Waals surface area contributed by atoms with Gasteiger partial charge < -0.3 is 15.5 Å². The number of hydrogen-bond acceptors (Lipinski definition) is 2. The quantitative estimate of drug-likeness (QED) is 0.876. The Hall–Kier alpha value is -2.04. The van der Waals surface area contributed by atoms with Crippen LogP contribution in [-0.4, -0.2) is 28.9 Å². The SMILES string of the molecule is CC(=O)Nc1cccc(NC(=O)N2C(C)CCCC2C)c1. The molecule has 0 saturated carbocycles. The average Bonchev–Trinajstić information content (AvgIpc) is 2.37. The summed E-state index contributed by atoms with van der Waals surface area (Å²) in [4.78, 5) is 25.4. The minimum Gasteiger partial charge on any atom is -0.326 e. The number of hydrogen-bond donors (Lipinski definition) is 2. The molecule has 0 bridgehead atoms. The van der Waals surface area contributed by atoms with Crippen LogP contribution in [-0.2, 0) is 4.79 Å². The summed E-state index contributed by atoms with van der Waals surface area (Å²) in [6, 6.07) is 7.63. The monoisotopic (exact) mass is 289 g/mol. The number of amides is 3. The molecule has 1 aliphatic rings. The van der Waals surface area contributed by atoms with E-state index in [1.165, 1.54) is 13.3 Å². The van der Waals surface area contributed by atoms with Crippen LogP contribution in [0.5, 0.6) is 0 Å². The first-order valence-corrected chi connectivity index (χ1v) is 7.44. The van der Waals surface area contributed by atoms with E-state index in [9.17, 15) is 9.59 Å². The van der Waals surface area contributed by atoms with Crippen LogP contribution < -0.4 is 10.6 Å². The summed E-state index contributed by atoms with van der Waals surface area (Å²) < 4.78 is 0. The van der Waals surface area contributed by atoms with E-state index in [4.69, 9.17) is 0 Å². The number of likely N-dealkylation sites (tertiary alicyclic amines) is 1. The van der Waals surface area contributed by atoms with E-state index in [-0.39, 0.29) is 24.0 Å². The lowest BCUT2D eigenvalue weighted by atomic mass is 9.98. The minimum atomic E-state index is -0.128. The molecule has 2 rings (SSSR count). The Labute approximate surface area is 125 Å². The molecule has 114 valence electrons. The van der Waals surface area contributed by atoms with Crippen LogP contribution in [0.25, 0.3) is 0 Å². The van der Waals surface area contributed by atoms with Crippen molar-refractivity contribution in [2.75, 3.05) is 10.6 Å². The number of anilines is 2. The van der Waals surface area contributed by atoms with Crippen molar-refractivity contribution in [3.63, 3.8) is 0 Å². The van der Waals surface area contributed by atoms with Crippen LogP contribution >= 0.6 is 0 Å². The number of benzene rings is 1. The van der Waals surface area contributed by atoms with E-state index in [1.807, 2.05) is 17.0 Å². The zero-order valence-electron chi connectivity index (χ0n) is 12.8. The maximum absolute atomic E-state index is 12.4. The molecule has 5 nitrogen and oxygen atoms in total. The highest BCUT2D eigenvalue weighted by Gasteiger charge is 2.28. The number of carbonyl (C=O) groups excluding carboxylic acids is 2. The highest BCUT2D eigenvalue weighted by Crippen LogP contribution is 2.24. The van der Waals surface area contributed by atoms with Crippen molar-refractivity contribution in [3.05, 3.63) is 24.3 Å². The van der Waals surface area contributed by atoms with E-state index in [0.717, 1.165) is 12.8 Å². The van der Waals surface area contributed by atoms with E-state index < -0.39 is 0 Å². The van der Waals surface area contributed by atoms with E-state index in [2.05, 4.69) is 24.5 Å². The van der Waals surface area contributed by atoms with Gasteiger partial charge in [-0.1, -0.05) is 6.07 Å². The molecule has 2 atom stereocenters. The molecule has 3 amide bonds. The van der Waals surface area contributed by atoms with Gasteiger partial charge in [-0.3, -0.25) is 4.79 Å². The molecule has 0 aromatic heterocycles. The topological polar surface area (TPSA) is 61.4 Å². The highest BCUT2D eigenvalue weighted by atomic mass is 16.2. The summed E-state index contributed by atoms with van der Waals surface area (Å²) in [7, 11) is 0. The van der Waals surface area contributed by atoms with Gasteiger partial charge in [0.25, 0.3) is 0 Å². The summed E-state index contributed by atoms with van der Waals surface area (Å²) in [5.41, 5.74) is 1.37. The van der Waals surface area contributed by atoms with E-state index in [1.54, 1.807) is 12.1 Å². The first-order chi connectivity index (χ1) is 9.97. The number of urea groups is 1. The number of piperidine rings is 1. The van der Waals surface area contributed by atoms with Crippen LogP contribution in [0.2, 0.25) is 0 Å². The fraction of sp³-hybridized carbons (Fsp3) is 0.500. The molecular weight excluding hydrogens is 266 g/mol. The summed E-state index contributed by atoms with van der Waals surface area (Å²) in [6.45, 7) is 5.63. The molecule has 2 unspecified atom stereocenters. The van der Waals surface area contributed by atoms with Crippen molar-refractivity contribution in [1.82, 2.24) is 4.90 Å². The predicted octanol–water partition coefficient (Wildman–Crippen LogP) is 3.44. The Kier molecular flexibility index (Phi) is 4.83. The van der Waals surface area contributed by atoms with Crippen LogP contribution in [0.3, 0.4) is 0 Å². The third-order valence-electron chi connectivity index (χ3n) is 3.86. The standard InChI is InChI=1S/C16H23N3O2/c1-11-6-4-7-12(2)19(11)16(21)18-15-9-5-8-14(10-15)17-13(3)20/h5,8-12H,4,6-7H2,1-3H3,(H,17,20)(H,18,21). The second-order valence-electron chi connectivity index (χ2n) is 5.73. The summed E-state index contributed by atoms with van der Waals surface area (Å²) in [5.74, 6) is -0.128. The molecule has 0 radical (unpaired) electrons. The molecule has 5 heteroatoms. The zero-order valence-corrected chi connectivity index (χ0v) is 12.8. The van der Waals surface area contributed by atoms with Gasteiger partial charge in [0.2, 0.25) is 5.91 Å². The van der Waals surface area contributed by atoms with Crippen LogP contribution in [0.4, 0.5) is 16.2 Å². The van der Waals surface area contributed by atoms with Gasteiger partial charge in [-0.25, -0.2) is 4.79 Å². The highest BCUT2D eigenvalue weighted by molar-refractivity contribution is 5.92. The molecule has 2 N–H and O–H groups in total. The Morgan fingerprint density at radius 3 is 2.24 bits per heavy atom. The second-order valence-corrected chi connectivity index (χ2v) is 5.73. The molecule has 1 aliphatic heterocycles. The maximum Gasteiger partial charge on any atom is 0.322 e. The van der Waals surface area contributed by atoms with Gasteiger partial charge in [0, 0.05) is 30.4 Å². The lowest BCUT2D eigenvalue weighted by Crippen LogP contribution is -2.49. The number of nitrogens with one attached hydrogen (secondary N) is 2. The van der Waals surface area contributed by atoms with Crippen molar-refractivity contribution in [2.24, 2.45) is 0 Å². The third kappa shape index (κ3) is 3.97. The summed E-state index contributed by atoms with van der Waals surface area (Å²) >= 11 is 0. The minimum absolute atomic E-state index is 0.0744. The molecule has 0 aliphatic carbocycles. The molecule has 21 heavy (non-hydrogen) atoms. The second kappa shape index (κ2) is 6.61. The van der Waals surface area contributed by atoms with Gasteiger partial charge in [-0.2, -0.15) is 0 Å². The van der Waals surface area contributed by atoms with Crippen LogP contribution in [0, 0.1) is 0 Å². The van der Waals surface area contributed by atoms with Crippen molar-refractivity contribution in [3.8, 4) is 0 Å². The average molecular weight is 289 g/mol. The van der Waals surface area contributed by atoms with Gasteiger partial charge in [0.05, 0.1) is 0 Å². The van der Waals surface area contributed by atoms with Gasteiger partial charge in [-0.05, 0) is 51.3 Å². The normalized spacial score (nSPS) is 21.8. The fourth-order valence-corrected chi connectivity index (χ4v) is 2.89. The van der Waals surface area contributed by atoms with Gasteiger partial charge in [0.15, 0.2) is 0 Å². The lowest BCUT2D eigenvalue weighted by molar-refractivity contribution is -0.114. The number of nitrogens with zero attached hydrogens (tertiary/aromatic N) is 1. The molecule has 1 fully saturated rings. The molecule has 1 heterocycles. The Balaban J connectivity index is 2.06. The predicted molar refractivity (Wildman–Crippen MR) is 84.4 cm³/mol. The largest absolute Gasteiger partial charge is 0.326 e. The van der Waals surface area contributed by atoms with Gasteiger partial charge in [-0.15, -0.1) is 0 Å². The van der Waals surface area contributed by atoms with Crippen LogP contribution in [0.15, 0.2) is 24.3 Å². The van der Waals surface area contributed by atoms with Crippen molar-refractivity contribution < 1.29 is 9.59 Å². The smallest absolute Gasteiger partial charge is 0.322 e. The Morgan fingerprint density at radius 2 is 1.67 bits per heavy atom. The van der Waals surface area contributed by atoms with Crippen molar-refractivity contribution in [1.29, 1.82) is 0 Å². The van der Waals surface area contributed by atoms with Crippen LogP contribution in [0.1, 0.15) is 40.0 Å². The maximum atomic E-state index is 12.4. The number of carbonyl (C=O) groups is 2. The zero-order chi connectivity index (χ0) is 15.4. The summed E-state index contributed by atoms with van der Waals surface area (Å²) in [6.07, 6.45) is 3.26. The molecule has 1 aromatic carbocycles. The molecule has 0 spiro atoms. The van der Waals surface area contributed by atoms with E-state index >= 15 is 0 Å².